The molecule has 0 aliphatic heterocycles. The van der Waals surface area contributed by atoms with E-state index in [-0.39, 0.29) is 23.8 Å². The molecule has 0 saturated carbocycles. The van der Waals surface area contributed by atoms with Crippen LogP contribution in [-0.4, -0.2) is 34.2 Å². The van der Waals surface area contributed by atoms with E-state index in [2.05, 4.69) is 15.3 Å². The Balaban J connectivity index is 1.76. The van der Waals surface area contributed by atoms with Gasteiger partial charge in [0.25, 0.3) is 5.56 Å². The Kier molecular flexibility index (Phi) is 8.02. The van der Waals surface area contributed by atoms with Crippen LogP contribution < -0.4 is 10.9 Å². The largest absolute Gasteiger partial charge is 0.462 e. The van der Waals surface area contributed by atoms with Gasteiger partial charge in [-0.25, -0.2) is 9.78 Å². The molecule has 2 N–H and O–H groups in total. The van der Waals surface area contributed by atoms with Gasteiger partial charge in [0, 0.05) is 22.7 Å². The summed E-state index contributed by atoms with van der Waals surface area (Å²) >= 11 is 2.41. The summed E-state index contributed by atoms with van der Waals surface area (Å²) in [5.41, 5.74) is 2.38. The number of benzene rings is 1. The normalized spacial score (nSPS) is 10.6. The summed E-state index contributed by atoms with van der Waals surface area (Å²) in [7, 11) is 0. The average molecular weight is 458 g/mol. The lowest BCUT2D eigenvalue weighted by Gasteiger charge is -2.09. The van der Waals surface area contributed by atoms with E-state index in [1.54, 1.807) is 6.92 Å². The van der Waals surface area contributed by atoms with Crippen LogP contribution in [0.5, 0.6) is 0 Å². The summed E-state index contributed by atoms with van der Waals surface area (Å²) in [6.45, 7) is 3.98. The molecule has 0 unspecified atom stereocenters. The van der Waals surface area contributed by atoms with Crippen molar-refractivity contribution in [1.82, 2.24) is 9.97 Å². The van der Waals surface area contributed by atoms with Crippen LogP contribution in [0.25, 0.3) is 11.1 Å². The van der Waals surface area contributed by atoms with E-state index < -0.39 is 5.97 Å². The van der Waals surface area contributed by atoms with Gasteiger partial charge in [0.05, 0.1) is 12.4 Å². The number of esters is 1. The Morgan fingerprint density at radius 2 is 2.00 bits per heavy atom. The average Bonchev–Trinajstić information content (AvgIpc) is 3.16. The number of aromatic amines is 1. The summed E-state index contributed by atoms with van der Waals surface area (Å²) in [5, 5.41) is 5.46. The third-order valence-electron chi connectivity index (χ3n) is 4.23. The minimum absolute atomic E-state index is 0.0410. The Hall–Kier alpha value is -2.91. The molecule has 0 radical (unpaired) electrons. The summed E-state index contributed by atoms with van der Waals surface area (Å²) in [5.74, 6) is -0.747. The standard InChI is InChI=1S/C22H23N3O4S2/c1-3-8-15-11-17(26)25-22(23-15)31-13-18(27)24-20-19(21(28)29-4-2)16(12-30-20)14-9-6-5-7-10-14/h5-7,9-12H,3-4,8,13H2,1-2H3,(H,24,27)(H,23,25,26). The van der Waals surface area contributed by atoms with Gasteiger partial charge in [0.2, 0.25) is 5.91 Å². The fraction of sp³-hybridized carbons (Fsp3) is 0.273. The van der Waals surface area contributed by atoms with Crippen molar-refractivity contribution in [2.45, 2.75) is 31.8 Å². The van der Waals surface area contributed by atoms with Crippen LogP contribution >= 0.6 is 23.1 Å². The molecule has 1 aromatic carbocycles. The number of thiophene rings is 1. The van der Waals surface area contributed by atoms with Crippen molar-refractivity contribution < 1.29 is 14.3 Å². The molecule has 31 heavy (non-hydrogen) atoms. The Labute approximate surface area is 188 Å². The number of aryl methyl sites for hydroxylation is 1. The van der Waals surface area contributed by atoms with Gasteiger partial charge in [-0.2, -0.15) is 0 Å². The summed E-state index contributed by atoms with van der Waals surface area (Å²) in [6.07, 6.45) is 1.57. The zero-order valence-electron chi connectivity index (χ0n) is 17.3. The zero-order chi connectivity index (χ0) is 22.2. The molecular weight excluding hydrogens is 434 g/mol. The van der Waals surface area contributed by atoms with Crippen LogP contribution in [0.2, 0.25) is 0 Å². The molecule has 0 aliphatic carbocycles. The van der Waals surface area contributed by atoms with Crippen molar-refractivity contribution in [3.8, 4) is 11.1 Å². The Bertz CT molecular complexity index is 1110. The summed E-state index contributed by atoms with van der Waals surface area (Å²) in [4.78, 5) is 44.0. The van der Waals surface area contributed by atoms with Crippen molar-refractivity contribution in [2.75, 3.05) is 17.7 Å². The number of ether oxygens (including phenoxy) is 1. The zero-order valence-corrected chi connectivity index (χ0v) is 18.9. The van der Waals surface area contributed by atoms with Gasteiger partial charge in [-0.1, -0.05) is 55.4 Å². The molecule has 0 saturated heterocycles. The number of nitrogens with zero attached hydrogens (tertiary/aromatic N) is 1. The maximum atomic E-state index is 12.6. The van der Waals surface area contributed by atoms with E-state index in [1.807, 2.05) is 42.6 Å². The second-order valence-corrected chi connectivity index (χ2v) is 8.41. The quantitative estimate of drug-likeness (QED) is 0.281. The van der Waals surface area contributed by atoms with E-state index in [1.165, 1.54) is 17.4 Å². The fourth-order valence-corrected chi connectivity index (χ4v) is 4.59. The smallest absolute Gasteiger partial charge is 0.341 e. The summed E-state index contributed by atoms with van der Waals surface area (Å²) in [6, 6.07) is 10.9. The molecule has 2 heterocycles. The molecule has 0 aliphatic rings. The SMILES string of the molecule is CCCc1cc(=O)[nH]c(SCC(=O)Nc2scc(-c3ccccc3)c2C(=O)OCC)n1. The lowest BCUT2D eigenvalue weighted by Crippen LogP contribution is -2.17. The molecule has 0 fully saturated rings. The second kappa shape index (κ2) is 10.9. The lowest BCUT2D eigenvalue weighted by molar-refractivity contribution is -0.113. The number of carbonyl (C=O) groups is 2. The van der Waals surface area contributed by atoms with Gasteiger partial charge >= 0.3 is 5.97 Å². The first kappa shape index (κ1) is 22.8. The van der Waals surface area contributed by atoms with Crippen LogP contribution in [0.15, 0.2) is 51.7 Å². The van der Waals surface area contributed by atoms with E-state index in [4.69, 9.17) is 4.74 Å². The number of rotatable bonds is 9. The van der Waals surface area contributed by atoms with Crippen LogP contribution in [0.1, 0.15) is 36.3 Å². The van der Waals surface area contributed by atoms with Crippen molar-refractivity contribution in [2.24, 2.45) is 0 Å². The molecule has 7 nitrogen and oxygen atoms in total. The van der Waals surface area contributed by atoms with Gasteiger partial charge < -0.3 is 15.0 Å². The van der Waals surface area contributed by atoms with E-state index in [9.17, 15) is 14.4 Å². The number of amides is 1. The number of hydrogen-bond donors (Lipinski definition) is 2. The minimum Gasteiger partial charge on any atom is -0.462 e. The summed E-state index contributed by atoms with van der Waals surface area (Å²) < 4.78 is 5.21. The number of H-pyrrole nitrogens is 1. The maximum Gasteiger partial charge on any atom is 0.341 e. The number of anilines is 1. The molecule has 0 atom stereocenters. The monoisotopic (exact) mass is 457 g/mol. The van der Waals surface area contributed by atoms with Crippen molar-refractivity contribution >= 4 is 40.0 Å². The molecule has 0 spiro atoms. The molecule has 2 aromatic heterocycles. The van der Waals surface area contributed by atoms with E-state index >= 15 is 0 Å². The maximum absolute atomic E-state index is 12.6. The first-order valence-electron chi connectivity index (χ1n) is 9.88. The fourth-order valence-electron chi connectivity index (χ4n) is 2.92. The third-order valence-corrected chi connectivity index (χ3v) is 6.00. The van der Waals surface area contributed by atoms with Crippen LogP contribution in [-0.2, 0) is 16.0 Å². The lowest BCUT2D eigenvalue weighted by atomic mass is 10.0. The molecule has 1 amide bonds. The van der Waals surface area contributed by atoms with Gasteiger partial charge in [0.15, 0.2) is 5.16 Å². The molecule has 3 rings (SSSR count). The first-order valence-corrected chi connectivity index (χ1v) is 11.7. The van der Waals surface area contributed by atoms with E-state index in [0.29, 0.717) is 33.4 Å². The third kappa shape index (κ3) is 6.05. The number of nitrogens with one attached hydrogen (secondary N) is 2. The van der Waals surface area contributed by atoms with Gasteiger partial charge in [0.1, 0.15) is 10.6 Å². The number of aromatic nitrogens is 2. The second-order valence-electron chi connectivity index (χ2n) is 6.57. The van der Waals surface area contributed by atoms with E-state index in [0.717, 1.165) is 23.7 Å². The molecule has 9 heteroatoms. The topological polar surface area (TPSA) is 101 Å². The Morgan fingerprint density at radius 3 is 2.71 bits per heavy atom. The number of hydrogen-bond acceptors (Lipinski definition) is 7. The molecular formula is C22H23N3O4S2. The van der Waals surface area contributed by atoms with Gasteiger partial charge in [-0.15, -0.1) is 11.3 Å². The highest BCUT2D eigenvalue weighted by molar-refractivity contribution is 7.99. The first-order chi connectivity index (χ1) is 15.0. The molecule has 162 valence electrons. The van der Waals surface area contributed by atoms with Crippen LogP contribution in [0.4, 0.5) is 5.00 Å². The van der Waals surface area contributed by atoms with Gasteiger partial charge in [-0.3, -0.25) is 9.59 Å². The number of carbonyl (C=O) groups excluding carboxylic acids is 2. The highest BCUT2D eigenvalue weighted by Crippen LogP contribution is 2.36. The minimum atomic E-state index is -0.483. The number of thioether (sulfide) groups is 1. The van der Waals surface area contributed by atoms with Crippen molar-refractivity contribution in [3.63, 3.8) is 0 Å². The predicted molar refractivity (Wildman–Crippen MR) is 124 cm³/mol. The van der Waals surface area contributed by atoms with Crippen LogP contribution in [0.3, 0.4) is 0 Å². The molecule has 0 bridgehead atoms. The van der Waals surface area contributed by atoms with Crippen molar-refractivity contribution in [3.05, 3.63) is 63.4 Å². The van der Waals surface area contributed by atoms with Gasteiger partial charge in [-0.05, 0) is 18.9 Å². The Morgan fingerprint density at radius 1 is 1.23 bits per heavy atom. The highest BCUT2D eigenvalue weighted by atomic mass is 32.2. The predicted octanol–water partition coefficient (Wildman–Crippen LogP) is 4.36. The van der Waals surface area contributed by atoms with Crippen LogP contribution in [0, 0.1) is 0 Å². The van der Waals surface area contributed by atoms with Crippen molar-refractivity contribution in [1.29, 1.82) is 0 Å². The highest BCUT2D eigenvalue weighted by Gasteiger charge is 2.22. The molecule has 3 aromatic rings.